The van der Waals surface area contributed by atoms with Gasteiger partial charge in [-0.3, -0.25) is 4.79 Å². The number of aliphatic hydroxyl groups is 1. The van der Waals surface area contributed by atoms with Crippen molar-refractivity contribution in [2.75, 3.05) is 25.0 Å². The first-order valence-electron chi connectivity index (χ1n) is 7.42. The number of rotatable bonds is 5. The molecule has 0 aliphatic carbocycles. The second-order valence-corrected chi connectivity index (χ2v) is 5.54. The minimum Gasteiger partial charge on any atom is -0.396 e. The highest BCUT2D eigenvalue weighted by Crippen LogP contribution is 2.27. The number of nitrogens with zero attached hydrogens (tertiary/aromatic N) is 1. The summed E-state index contributed by atoms with van der Waals surface area (Å²) in [7, 11) is 0. The lowest BCUT2D eigenvalue weighted by Gasteiger charge is -2.29. The number of amides is 1. The van der Waals surface area contributed by atoms with Gasteiger partial charge < -0.3 is 15.3 Å². The molecule has 0 aromatic heterocycles. The quantitative estimate of drug-likeness (QED) is 0.867. The molecule has 0 spiro atoms. The molecule has 0 atom stereocenters. The van der Waals surface area contributed by atoms with Crippen LogP contribution in [0.2, 0.25) is 0 Å². The second-order valence-electron chi connectivity index (χ2n) is 5.54. The van der Waals surface area contributed by atoms with Gasteiger partial charge in [0.1, 0.15) is 0 Å². The number of fused-ring (bicyclic) bond motifs is 1. The van der Waals surface area contributed by atoms with Crippen LogP contribution >= 0.6 is 0 Å². The third kappa shape index (κ3) is 3.12. The lowest BCUT2D eigenvalue weighted by molar-refractivity contribution is 0.0694. The highest BCUT2D eigenvalue weighted by atomic mass is 16.3. The van der Waals surface area contributed by atoms with Crippen molar-refractivity contribution in [2.24, 2.45) is 0 Å². The van der Waals surface area contributed by atoms with Crippen LogP contribution in [-0.2, 0) is 6.42 Å². The maximum Gasteiger partial charge on any atom is 0.256 e. The third-order valence-corrected chi connectivity index (χ3v) is 3.75. The number of hydrogen-bond donors (Lipinski definition) is 2. The highest BCUT2D eigenvalue weighted by molar-refractivity contribution is 6.00. The van der Waals surface area contributed by atoms with Gasteiger partial charge >= 0.3 is 0 Å². The van der Waals surface area contributed by atoms with E-state index in [9.17, 15) is 4.79 Å². The van der Waals surface area contributed by atoms with Crippen molar-refractivity contribution >= 4 is 11.6 Å². The molecule has 0 unspecified atom stereocenters. The molecule has 4 nitrogen and oxygen atoms in total. The molecule has 2 rings (SSSR count). The summed E-state index contributed by atoms with van der Waals surface area (Å²) in [6, 6.07) is 6.08. The molecule has 0 bridgehead atoms. The van der Waals surface area contributed by atoms with Crippen LogP contribution < -0.4 is 5.32 Å². The number of hydrogen-bond acceptors (Lipinski definition) is 3. The maximum absolute atomic E-state index is 12.8. The van der Waals surface area contributed by atoms with Crippen molar-refractivity contribution in [1.29, 1.82) is 0 Å². The van der Waals surface area contributed by atoms with Crippen molar-refractivity contribution in [1.82, 2.24) is 4.90 Å². The first-order valence-corrected chi connectivity index (χ1v) is 7.42. The van der Waals surface area contributed by atoms with E-state index in [4.69, 9.17) is 5.11 Å². The normalized spacial score (nSPS) is 13.8. The van der Waals surface area contributed by atoms with Crippen LogP contribution in [0, 0.1) is 0 Å². The van der Waals surface area contributed by atoms with Gasteiger partial charge in [-0.15, -0.1) is 0 Å². The standard InChI is InChI=1S/C16H24N2O2/c1-12(2)18(10-5-11-19)16(20)14-8-3-6-13-7-4-9-17-15(13)14/h3,6,8,12,17,19H,4-5,7,9-11H2,1-2H3. The smallest absolute Gasteiger partial charge is 0.256 e. The second kappa shape index (κ2) is 6.75. The Morgan fingerprint density at radius 2 is 2.25 bits per heavy atom. The van der Waals surface area contributed by atoms with Gasteiger partial charge in [0.2, 0.25) is 0 Å². The number of aryl methyl sites for hydroxylation is 1. The Hall–Kier alpha value is -1.55. The predicted octanol–water partition coefficient (Wildman–Crippen LogP) is 2.28. The molecule has 1 aromatic carbocycles. The predicted molar refractivity (Wildman–Crippen MR) is 81.1 cm³/mol. The molecule has 4 heteroatoms. The van der Waals surface area contributed by atoms with Crippen LogP contribution in [0.25, 0.3) is 0 Å². The molecule has 1 aliphatic heterocycles. The van der Waals surface area contributed by atoms with Gasteiger partial charge in [0, 0.05) is 25.7 Å². The van der Waals surface area contributed by atoms with E-state index in [1.54, 1.807) is 0 Å². The monoisotopic (exact) mass is 276 g/mol. The minimum atomic E-state index is 0.0553. The van der Waals surface area contributed by atoms with Crippen LogP contribution in [0.15, 0.2) is 18.2 Å². The van der Waals surface area contributed by atoms with E-state index in [1.165, 1.54) is 5.56 Å². The first kappa shape index (κ1) is 14.9. The Kier molecular flexibility index (Phi) is 5.01. The molecule has 0 saturated carbocycles. The van der Waals surface area contributed by atoms with Crippen molar-refractivity contribution in [2.45, 2.75) is 39.2 Å². The largest absolute Gasteiger partial charge is 0.396 e. The summed E-state index contributed by atoms with van der Waals surface area (Å²) in [5.41, 5.74) is 2.99. The topological polar surface area (TPSA) is 52.6 Å². The van der Waals surface area contributed by atoms with Crippen LogP contribution in [0.3, 0.4) is 0 Å². The maximum atomic E-state index is 12.8. The van der Waals surface area contributed by atoms with E-state index < -0.39 is 0 Å². The van der Waals surface area contributed by atoms with Crippen molar-refractivity contribution in [3.8, 4) is 0 Å². The number of benzene rings is 1. The number of aliphatic hydroxyl groups excluding tert-OH is 1. The summed E-state index contributed by atoms with van der Waals surface area (Å²) in [4.78, 5) is 14.6. The minimum absolute atomic E-state index is 0.0553. The fourth-order valence-electron chi connectivity index (χ4n) is 2.68. The zero-order valence-corrected chi connectivity index (χ0v) is 12.4. The molecule has 0 radical (unpaired) electrons. The van der Waals surface area contributed by atoms with Crippen LogP contribution in [0.4, 0.5) is 5.69 Å². The van der Waals surface area contributed by atoms with E-state index in [0.29, 0.717) is 13.0 Å². The zero-order chi connectivity index (χ0) is 14.5. The SMILES string of the molecule is CC(C)N(CCCO)C(=O)c1cccc2c1NCCC2. The van der Waals surface area contributed by atoms with Crippen molar-refractivity contribution in [3.63, 3.8) is 0 Å². The molecule has 1 amide bonds. The molecule has 1 aromatic rings. The van der Waals surface area contributed by atoms with Gasteiger partial charge in [-0.25, -0.2) is 0 Å². The average molecular weight is 276 g/mol. The summed E-state index contributed by atoms with van der Waals surface area (Å²) in [5.74, 6) is 0.0553. The van der Waals surface area contributed by atoms with Gasteiger partial charge in [0.15, 0.2) is 0 Å². The summed E-state index contributed by atoms with van der Waals surface area (Å²) >= 11 is 0. The molecule has 0 saturated heterocycles. The molecule has 110 valence electrons. The fourth-order valence-corrected chi connectivity index (χ4v) is 2.68. The van der Waals surface area contributed by atoms with Crippen molar-refractivity contribution in [3.05, 3.63) is 29.3 Å². The summed E-state index contributed by atoms with van der Waals surface area (Å²) in [6.07, 6.45) is 2.76. The fraction of sp³-hybridized carbons (Fsp3) is 0.562. The molecular weight excluding hydrogens is 252 g/mol. The number of anilines is 1. The lowest BCUT2D eigenvalue weighted by Crippen LogP contribution is -2.38. The Bertz CT molecular complexity index is 472. The summed E-state index contributed by atoms with van der Waals surface area (Å²) in [5, 5.41) is 12.4. The Labute approximate surface area is 120 Å². The van der Waals surface area contributed by atoms with Crippen LogP contribution in [0.5, 0.6) is 0 Å². The average Bonchev–Trinajstić information content (AvgIpc) is 2.46. The number of nitrogens with one attached hydrogen (secondary N) is 1. The Balaban J connectivity index is 2.27. The van der Waals surface area contributed by atoms with E-state index in [0.717, 1.165) is 30.6 Å². The molecule has 1 heterocycles. The number of para-hydroxylation sites is 1. The Morgan fingerprint density at radius 3 is 2.95 bits per heavy atom. The van der Waals surface area contributed by atoms with Gasteiger partial charge in [0.25, 0.3) is 5.91 Å². The van der Waals surface area contributed by atoms with Crippen LogP contribution in [0.1, 0.15) is 42.6 Å². The highest BCUT2D eigenvalue weighted by Gasteiger charge is 2.23. The van der Waals surface area contributed by atoms with Gasteiger partial charge in [-0.1, -0.05) is 12.1 Å². The lowest BCUT2D eigenvalue weighted by atomic mass is 9.98. The molecule has 0 fully saturated rings. The summed E-state index contributed by atoms with van der Waals surface area (Å²) < 4.78 is 0. The molecule has 20 heavy (non-hydrogen) atoms. The zero-order valence-electron chi connectivity index (χ0n) is 12.4. The number of carbonyl (C=O) groups is 1. The van der Waals surface area contributed by atoms with Crippen molar-refractivity contribution < 1.29 is 9.90 Å². The third-order valence-electron chi connectivity index (χ3n) is 3.75. The first-order chi connectivity index (χ1) is 9.65. The van der Waals surface area contributed by atoms with E-state index in [1.807, 2.05) is 30.9 Å². The van der Waals surface area contributed by atoms with Gasteiger partial charge in [-0.2, -0.15) is 0 Å². The van der Waals surface area contributed by atoms with Crippen LogP contribution in [-0.4, -0.2) is 41.7 Å². The Morgan fingerprint density at radius 1 is 1.45 bits per heavy atom. The van der Waals surface area contributed by atoms with Gasteiger partial charge in [0.05, 0.1) is 11.3 Å². The van der Waals surface area contributed by atoms with Gasteiger partial charge in [-0.05, 0) is 44.7 Å². The van der Waals surface area contributed by atoms with E-state index >= 15 is 0 Å². The molecule has 2 N–H and O–H groups in total. The molecule has 1 aliphatic rings. The number of carbonyl (C=O) groups excluding carboxylic acids is 1. The van der Waals surface area contributed by atoms with E-state index in [-0.39, 0.29) is 18.6 Å². The van der Waals surface area contributed by atoms with E-state index in [2.05, 4.69) is 11.4 Å². The summed E-state index contributed by atoms with van der Waals surface area (Å²) in [6.45, 7) is 5.66. The molecular formula is C16H24N2O2.